The standard InChI is InChI=1S/C13H20O2/c1-3-5-8-13(12(14)15)9-6-7-11(4-2)10-13/h11H,4,6-10H2,1-2H3,(H,14,15). The molecule has 1 aliphatic rings. The molecule has 0 spiro atoms. The Morgan fingerprint density at radius 2 is 2.33 bits per heavy atom. The number of carbonyl (C=O) groups is 1. The summed E-state index contributed by atoms with van der Waals surface area (Å²) >= 11 is 0. The summed E-state index contributed by atoms with van der Waals surface area (Å²) < 4.78 is 0. The highest BCUT2D eigenvalue weighted by Crippen LogP contribution is 2.43. The fraction of sp³-hybridized carbons (Fsp3) is 0.769. The molecule has 0 aromatic carbocycles. The maximum Gasteiger partial charge on any atom is 0.310 e. The molecule has 0 radical (unpaired) electrons. The minimum absolute atomic E-state index is 0.523. The fourth-order valence-corrected chi connectivity index (χ4v) is 2.52. The molecule has 2 heteroatoms. The van der Waals surface area contributed by atoms with Crippen LogP contribution in [0, 0.1) is 23.2 Å². The van der Waals surface area contributed by atoms with E-state index in [1.807, 2.05) is 0 Å². The number of carboxylic acids is 1. The van der Waals surface area contributed by atoms with E-state index >= 15 is 0 Å². The van der Waals surface area contributed by atoms with Gasteiger partial charge in [-0.3, -0.25) is 4.79 Å². The molecule has 2 nitrogen and oxygen atoms in total. The van der Waals surface area contributed by atoms with Gasteiger partial charge in [0, 0.05) is 6.42 Å². The van der Waals surface area contributed by atoms with E-state index in [0.717, 1.165) is 25.7 Å². The van der Waals surface area contributed by atoms with Gasteiger partial charge in [-0.25, -0.2) is 0 Å². The van der Waals surface area contributed by atoms with Crippen molar-refractivity contribution in [3.8, 4) is 11.8 Å². The zero-order valence-electron chi connectivity index (χ0n) is 9.68. The van der Waals surface area contributed by atoms with Crippen molar-refractivity contribution in [3.05, 3.63) is 0 Å². The van der Waals surface area contributed by atoms with Gasteiger partial charge in [0.25, 0.3) is 0 Å². The van der Waals surface area contributed by atoms with Gasteiger partial charge in [-0.2, -0.15) is 0 Å². The van der Waals surface area contributed by atoms with Crippen molar-refractivity contribution < 1.29 is 9.90 Å². The number of hydrogen-bond donors (Lipinski definition) is 1. The molecule has 0 amide bonds. The molecule has 1 saturated carbocycles. The van der Waals surface area contributed by atoms with E-state index in [9.17, 15) is 9.90 Å². The molecule has 0 aromatic heterocycles. The Morgan fingerprint density at radius 3 is 2.87 bits per heavy atom. The number of rotatable bonds is 3. The van der Waals surface area contributed by atoms with Crippen LogP contribution in [0.15, 0.2) is 0 Å². The van der Waals surface area contributed by atoms with Gasteiger partial charge in [0.15, 0.2) is 0 Å². The van der Waals surface area contributed by atoms with Crippen LogP contribution < -0.4 is 0 Å². The molecule has 2 atom stereocenters. The molecular formula is C13H20O2. The summed E-state index contributed by atoms with van der Waals surface area (Å²) in [6.45, 7) is 3.92. The maximum atomic E-state index is 11.4. The first-order chi connectivity index (χ1) is 7.14. The Kier molecular flexibility index (Phi) is 4.20. The topological polar surface area (TPSA) is 37.3 Å². The zero-order chi connectivity index (χ0) is 11.3. The second-order valence-electron chi connectivity index (χ2n) is 4.56. The first kappa shape index (κ1) is 12.1. The summed E-state index contributed by atoms with van der Waals surface area (Å²) in [5, 5.41) is 9.36. The van der Waals surface area contributed by atoms with E-state index in [4.69, 9.17) is 0 Å². The lowest BCUT2D eigenvalue weighted by Crippen LogP contribution is -2.36. The van der Waals surface area contributed by atoms with Gasteiger partial charge in [-0.05, 0) is 25.7 Å². The quantitative estimate of drug-likeness (QED) is 0.724. The van der Waals surface area contributed by atoms with Gasteiger partial charge in [0.05, 0.1) is 5.41 Å². The fourth-order valence-electron chi connectivity index (χ4n) is 2.52. The van der Waals surface area contributed by atoms with Crippen LogP contribution in [0.1, 0.15) is 52.4 Å². The average molecular weight is 208 g/mol. The van der Waals surface area contributed by atoms with Crippen molar-refractivity contribution in [2.24, 2.45) is 11.3 Å². The third-order valence-corrected chi connectivity index (χ3v) is 3.58. The van der Waals surface area contributed by atoms with Gasteiger partial charge in [-0.15, -0.1) is 11.8 Å². The van der Waals surface area contributed by atoms with Gasteiger partial charge < -0.3 is 5.11 Å². The second-order valence-corrected chi connectivity index (χ2v) is 4.56. The Morgan fingerprint density at radius 1 is 1.60 bits per heavy atom. The van der Waals surface area contributed by atoms with E-state index in [0.29, 0.717) is 12.3 Å². The summed E-state index contributed by atoms with van der Waals surface area (Å²) in [5.74, 6) is 5.70. The van der Waals surface area contributed by atoms with Crippen LogP contribution in [0.2, 0.25) is 0 Å². The predicted octanol–water partition coefficient (Wildman–Crippen LogP) is 3.07. The van der Waals surface area contributed by atoms with Crippen molar-refractivity contribution in [2.75, 3.05) is 0 Å². The summed E-state index contributed by atoms with van der Waals surface area (Å²) in [7, 11) is 0. The molecule has 0 heterocycles. The first-order valence-corrected chi connectivity index (χ1v) is 5.77. The summed E-state index contributed by atoms with van der Waals surface area (Å²) in [6, 6.07) is 0. The highest BCUT2D eigenvalue weighted by atomic mass is 16.4. The van der Waals surface area contributed by atoms with Crippen molar-refractivity contribution in [2.45, 2.75) is 52.4 Å². The predicted molar refractivity (Wildman–Crippen MR) is 60.4 cm³/mol. The van der Waals surface area contributed by atoms with Gasteiger partial charge in [-0.1, -0.05) is 26.2 Å². The molecule has 1 N–H and O–H groups in total. The van der Waals surface area contributed by atoms with Gasteiger partial charge >= 0.3 is 5.97 Å². The summed E-state index contributed by atoms with van der Waals surface area (Å²) in [6.07, 6.45) is 5.45. The number of hydrogen-bond acceptors (Lipinski definition) is 1. The van der Waals surface area contributed by atoms with Crippen molar-refractivity contribution >= 4 is 5.97 Å². The second kappa shape index (κ2) is 5.21. The molecule has 15 heavy (non-hydrogen) atoms. The van der Waals surface area contributed by atoms with Crippen LogP contribution in [-0.2, 0) is 4.79 Å². The lowest BCUT2D eigenvalue weighted by molar-refractivity contribution is -0.151. The summed E-state index contributed by atoms with van der Waals surface area (Å²) in [5.41, 5.74) is -0.554. The number of carboxylic acid groups (broad SMARTS) is 1. The normalized spacial score (nSPS) is 30.4. The highest BCUT2D eigenvalue weighted by molar-refractivity contribution is 5.75. The molecule has 0 aromatic rings. The van der Waals surface area contributed by atoms with Crippen LogP contribution in [0.4, 0.5) is 0 Å². The molecule has 1 rings (SSSR count). The van der Waals surface area contributed by atoms with Crippen LogP contribution in [0.25, 0.3) is 0 Å². The lowest BCUT2D eigenvalue weighted by Gasteiger charge is -2.36. The third-order valence-electron chi connectivity index (χ3n) is 3.58. The van der Waals surface area contributed by atoms with Crippen molar-refractivity contribution in [1.82, 2.24) is 0 Å². The van der Waals surface area contributed by atoms with Crippen LogP contribution >= 0.6 is 0 Å². The minimum Gasteiger partial charge on any atom is -0.481 e. The molecule has 84 valence electrons. The Labute approximate surface area is 92.1 Å². The molecule has 0 aliphatic heterocycles. The van der Waals surface area contributed by atoms with E-state index in [2.05, 4.69) is 18.8 Å². The highest BCUT2D eigenvalue weighted by Gasteiger charge is 2.41. The maximum absolute atomic E-state index is 11.4. The van der Waals surface area contributed by atoms with E-state index < -0.39 is 11.4 Å². The Bertz CT molecular complexity index is 285. The number of aliphatic carboxylic acids is 1. The first-order valence-electron chi connectivity index (χ1n) is 5.77. The van der Waals surface area contributed by atoms with Gasteiger partial charge in [0.2, 0.25) is 0 Å². The van der Waals surface area contributed by atoms with E-state index in [-0.39, 0.29) is 0 Å². The Balaban J connectivity index is 2.78. The lowest BCUT2D eigenvalue weighted by atomic mass is 9.67. The smallest absolute Gasteiger partial charge is 0.310 e. The minimum atomic E-state index is -0.650. The monoisotopic (exact) mass is 208 g/mol. The van der Waals surface area contributed by atoms with Crippen LogP contribution in [0.3, 0.4) is 0 Å². The summed E-state index contributed by atoms with van der Waals surface area (Å²) in [4.78, 5) is 11.4. The van der Waals surface area contributed by atoms with E-state index in [1.165, 1.54) is 6.42 Å². The Hall–Kier alpha value is -0.970. The SMILES string of the molecule is CC#CCC1(C(=O)O)CCCC(CC)C1. The van der Waals surface area contributed by atoms with Crippen LogP contribution in [0.5, 0.6) is 0 Å². The molecular weight excluding hydrogens is 188 g/mol. The molecule has 2 unspecified atom stereocenters. The largest absolute Gasteiger partial charge is 0.481 e. The third kappa shape index (κ3) is 2.75. The molecule has 1 fully saturated rings. The average Bonchev–Trinajstić information content (AvgIpc) is 2.26. The van der Waals surface area contributed by atoms with Crippen LogP contribution in [-0.4, -0.2) is 11.1 Å². The zero-order valence-corrected chi connectivity index (χ0v) is 9.68. The van der Waals surface area contributed by atoms with Gasteiger partial charge in [0.1, 0.15) is 0 Å². The van der Waals surface area contributed by atoms with Crippen molar-refractivity contribution in [1.29, 1.82) is 0 Å². The van der Waals surface area contributed by atoms with Crippen molar-refractivity contribution in [3.63, 3.8) is 0 Å². The molecule has 0 saturated heterocycles. The molecule has 0 bridgehead atoms. The van der Waals surface area contributed by atoms with E-state index in [1.54, 1.807) is 6.92 Å². The molecule has 1 aliphatic carbocycles.